The first-order chi connectivity index (χ1) is 24.0. The van der Waals surface area contributed by atoms with Crippen molar-refractivity contribution >= 4 is 10.8 Å². The van der Waals surface area contributed by atoms with E-state index in [1.54, 1.807) is 0 Å². The van der Waals surface area contributed by atoms with E-state index in [2.05, 4.69) is 105 Å². The van der Waals surface area contributed by atoms with Crippen LogP contribution in [0, 0.1) is 0 Å². The molecular weight excluding hydrogens is 595 g/mol. The van der Waals surface area contributed by atoms with Crippen molar-refractivity contribution in [3.05, 3.63) is 163 Å². The minimum Gasteiger partial charge on any atom is -0.208 e. The molecule has 0 atom stereocenters. The first kappa shape index (κ1) is 27.9. The maximum atomic E-state index is 5.02. The van der Waals surface area contributed by atoms with E-state index in [-0.39, 0.29) is 5.41 Å². The van der Waals surface area contributed by atoms with E-state index < -0.39 is 0 Å². The van der Waals surface area contributed by atoms with Gasteiger partial charge in [0, 0.05) is 22.1 Å². The molecule has 3 nitrogen and oxygen atoms in total. The molecule has 1 heterocycles. The van der Waals surface area contributed by atoms with Crippen molar-refractivity contribution in [2.45, 2.75) is 19.3 Å². The molecule has 2 aliphatic carbocycles. The van der Waals surface area contributed by atoms with Gasteiger partial charge in [0.15, 0.2) is 17.5 Å². The van der Waals surface area contributed by atoms with E-state index in [9.17, 15) is 0 Å². The Hall–Kier alpha value is -6.19. The highest BCUT2D eigenvalue weighted by Gasteiger charge is 2.40. The average molecular weight is 626 g/mol. The third-order valence-electron chi connectivity index (χ3n) is 10.4. The Bertz CT molecular complexity index is 2560. The standard InChI is InChI=1S/C46H31N3/c1-46(2)38-24-12-23-35-34-21-10-17-28-18-11-22-36(40(28)34)37-26-33(27-39(46)42(37)41(35)38)31-19-9-20-32(25-31)45-48-43(29-13-5-3-6-14-29)47-44(49-45)30-15-7-4-8-16-30/h3-27H,1-2H3. The molecule has 8 aromatic rings. The highest BCUT2D eigenvalue weighted by molar-refractivity contribution is 6.16. The lowest BCUT2D eigenvalue weighted by Gasteiger charge is -2.24. The van der Waals surface area contributed by atoms with Crippen molar-refractivity contribution in [3.8, 4) is 78.7 Å². The maximum absolute atomic E-state index is 5.02. The number of rotatable bonds is 4. The molecule has 10 rings (SSSR count). The molecule has 0 N–H and O–H groups in total. The molecule has 0 fully saturated rings. The van der Waals surface area contributed by atoms with E-state index in [1.807, 2.05) is 60.7 Å². The van der Waals surface area contributed by atoms with Gasteiger partial charge in [-0.3, -0.25) is 0 Å². The van der Waals surface area contributed by atoms with Gasteiger partial charge in [0.25, 0.3) is 0 Å². The van der Waals surface area contributed by atoms with E-state index >= 15 is 0 Å². The molecule has 0 radical (unpaired) electrons. The van der Waals surface area contributed by atoms with Crippen molar-refractivity contribution in [3.63, 3.8) is 0 Å². The van der Waals surface area contributed by atoms with Crippen LogP contribution in [0.2, 0.25) is 0 Å². The van der Waals surface area contributed by atoms with Crippen LogP contribution in [0.15, 0.2) is 152 Å². The molecule has 0 saturated heterocycles. The fraction of sp³-hybridized carbons (Fsp3) is 0.0652. The van der Waals surface area contributed by atoms with Crippen LogP contribution in [0.3, 0.4) is 0 Å². The van der Waals surface area contributed by atoms with Gasteiger partial charge < -0.3 is 0 Å². The van der Waals surface area contributed by atoms with E-state index in [4.69, 9.17) is 15.0 Å². The van der Waals surface area contributed by atoms with Crippen molar-refractivity contribution < 1.29 is 0 Å². The lowest BCUT2D eigenvalue weighted by atomic mass is 9.79. The summed E-state index contributed by atoms with van der Waals surface area (Å²) in [5.41, 5.74) is 15.8. The summed E-state index contributed by atoms with van der Waals surface area (Å²) >= 11 is 0. The minimum absolute atomic E-state index is 0.146. The van der Waals surface area contributed by atoms with Crippen LogP contribution in [-0.4, -0.2) is 15.0 Å². The predicted molar refractivity (Wildman–Crippen MR) is 201 cm³/mol. The fourth-order valence-electron chi connectivity index (χ4n) is 8.06. The normalized spacial score (nSPS) is 13.3. The number of hydrogen-bond donors (Lipinski definition) is 0. The maximum Gasteiger partial charge on any atom is 0.164 e. The second-order valence-electron chi connectivity index (χ2n) is 13.6. The molecule has 49 heavy (non-hydrogen) atoms. The van der Waals surface area contributed by atoms with Gasteiger partial charge in [0.2, 0.25) is 0 Å². The van der Waals surface area contributed by atoms with Crippen LogP contribution in [0.5, 0.6) is 0 Å². The predicted octanol–water partition coefficient (Wildman–Crippen LogP) is 11.6. The Kier molecular flexibility index (Phi) is 5.92. The van der Waals surface area contributed by atoms with E-state index in [1.165, 1.54) is 60.8 Å². The Labute approximate surface area is 285 Å². The molecule has 0 amide bonds. The van der Waals surface area contributed by atoms with Gasteiger partial charge in [0.05, 0.1) is 0 Å². The van der Waals surface area contributed by atoms with Crippen LogP contribution in [-0.2, 0) is 5.41 Å². The Morgan fingerprint density at radius 1 is 0.367 bits per heavy atom. The fourth-order valence-corrected chi connectivity index (χ4v) is 8.06. The molecule has 7 aromatic carbocycles. The zero-order chi connectivity index (χ0) is 32.7. The highest BCUT2D eigenvalue weighted by Crippen LogP contribution is 2.59. The smallest absolute Gasteiger partial charge is 0.164 e. The molecule has 1 aromatic heterocycles. The largest absolute Gasteiger partial charge is 0.208 e. The molecule has 0 bridgehead atoms. The van der Waals surface area contributed by atoms with Gasteiger partial charge in [-0.25, -0.2) is 15.0 Å². The summed E-state index contributed by atoms with van der Waals surface area (Å²) in [7, 11) is 0. The van der Waals surface area contributed by atoms with Gasteiger partial charge in [-0.1, -0.05) is 147 Å². The summed E-state index contributed by atoms with van der Waals surface area (Å²) in [6, 6.07) is 54.2. The zero-order valence-electron chi connectivity index (χ0n) is 27.3. The third kappa shape index (κ3) is 4.19. The topological polar surface area (TPSA) is 38.7 Å². The third-order valence-corrected chi connectivity index (χ3v) is 10.4. The molecule has 0 unspecified atom stereocenters. The van der Waals surface area contributed by atoms with E-state index in [0.29, 0.717) is 17.5 Å². The molecule has 0 spiro atoms. The van der Waals surface area contributed by atoms with Crippen LogP contribution in [0.1, 0.15) is 25.0 Å². The van der Waals surface area contributed by atoms with Crippen molar-refractivity contribution in [2.75, 3.05) is 0 Å². The molecule has 0 aliphatic heterocycles. The second kappa shape index (κ2) is 10.4. The van der Waals surface area contributed by atoms with Gasteiger partial charge in [-0.05, 0) is 84.6 Å². The molecule has 230 valence electrons. The highest BCUT2D eigenvalue weighted by atomic mass is 15.0. The average Bonchev–Trinajstić information content (AvgIpc) is 3.32. The second-order valence-corrected chi connectivity index (χ2v) is 13.6. The summed E-state index contributed by atoms with van der Waals surface area (Å²) in [5, 5.41) is 2.59. The number of nitrogens with zero attached hydrogens (tertiary/aromatic N) is 3. The van der Waals surface area contributed by atoms with Crippen LogP contribution < -0.4 is 0 Å². The lowest BCUT2D eigenvalue weighted by Crippen LogP contribution is -2.15. The summed E-state index contributed by atoms with van der Waals surface area (Å²) in [6.45, 7) is 4.75. The Morgan fingerprint density at radius 2 is 0.878 bits per heavy atom. The van der Waals surface area contributed by atoms with Gasteiger partial charge in [0.1, 0.15) is 0 Å². The van der Waals surface area contributed by atoms with Crippen LogP contribution in [0.25, 0.3) is 89.4 Å². The zero-order valence-corrected chi connectivity index (χ0v) is 27.3. The Morgan fingerprint density at radius 3 is 1.55 bits per heavy atom. The first-order valence-corrected chi connectivity index (χ1v) is 16.9. The minimum atomic E-state index is -0.146. The number of aromatic nitrogens is 3. The van der Waals surface area contributed by atoms with Gasteiger partial charge in [-0.15, -0.1) is 0 Å². The van der Waals surface area contributed by atoms with Crippen LogP contribution in [0.4, 0.5) is 0 Å². The van der Waals surface area contributed by atoms with Crippen molar-refractivity contribution in [1.29, 1.82) is 0 Å². The van der Waals surface area contributed by atoms with Crippen molar-refractivity contribution in [1.82, 2.24) is 15.0 Å². The van der Waals surface area contributed by atoms with E-state index in [0.717, 1.165) is 22.3 Å². The van der Waals surface area contributed by atoms with Gasteiger partial charge in [-0.2, -0.15) is 0 Å². The SMILES string of the molecule is CC1(C)c2cccc3c2-c2c(cc(-c4cccc(-c5nc(-c6ccccc6)nc(-c6ccccc6)n5)c4)cc21)-c1cccc2cccc-3c12. The number of fused-ring (bicyclic) bond motifs is 2. The summed E-state index contributed by atoms with van der Waals surface area (Å²) in [6.07, 6.45) is 0. The lowest BCUT2D eigenvalue weighted by molar-refractivity contribution is 0.661. The number of hydrogen-bond acceptors (Lipinski definition) is 3. The summed E-state index contributed by atoms with van der Waals surface area (Å²) in [4.78, 5) is 15.0. The van der Waals surface area contributed by atoms with Crippen molar-refractivity contribution in [2.24, 2.45) is 0 Å². The first-order valence-electron chi connectivity index (χ1n) is 16.9. The molecule has 2 aliphatic rings. The molecule has 3 heteroatoms. The molecular formula is C46H31N3. The quantitative estimate of drug-likeness (QED) is 0.195. The monoisotopic (exact) mass is 625 g/mol. The summed E-state index contributed by atoms with van der Waals surface area (Å²) < 4.78 is 0. The van der Waals surface area contributed by atoms with Crippen LogP contribution >= 0.6 is 0 Å². The van der Waals surface area contributed by atoms with Gasteiger partial charge >= 0.3 is 0 Å². The number of benzene rings is 7. The molecule has 0 saturated carbocycles. The summed E-state index contributed by atoms with van der Waals surface area (Å²) in [5.74, 6) is 1.98. The Balaban J connectivity index is 1.20.